The lowest BCUT2D eigenvalue weighted by atomic mass is 10.0. The van der Waals surface area contributed by atoms with Crippen LogP contribution in [0.2, 0.25) is 5.02 Å². The monoisotopic (exact) mass is 511 g/mol. The predicted molar refractivity (Wildman–Crippen MR) is 127 cm³/mol. The average Bonchev–Trinajstić information content (AvgIpc) is 3.31. The van der Waals surface area contributed by atoms with Gasteiger partial charge in [-0.25, -0.2) is 4.39 Å². The van der Waals surface area contributed by atoms with Gasteiger partial charge < -0.3 is 5.32 Å². The van der Waals surface area contributed by atoms with E-state index in [9.17, 15) is 17.6 Å². The molecule has 3 heterocycles. The van der Waals surface area contributed by atoms with Crippen LogP contribution in [0.15, 0.2) is 29.6 Å². The second kappa shape index (κ2) is 8.80. The van der Waals surface area contributed by atoms with Crippen molar-refractivity contribution in [2.24, 2.45) is 7.05 Å². The number of halogens is 2. The second-order valence-electron chi connectivity index (χ2n) is 7.97. The molecule has 12 heteroatoms. The Morgan fingerprint density at radius 1 is 1.30 bits per heavy atom. The number of aryl methyl sites for hydroxylation is 2. The van der Waals surface area contributed by atoms with E-state index >= 15 is 0 Å². The Morgan fingerprint density at radius 3 is 2.67 bits per heavy atom. The minimum atomic E-state index is -3.90. The topological polar surface area (TPSA) is 96.3 Å². The highest BCUT2D eigenvalue weighted by atomic mass is 35.5. The fourth-order valence-corrected chi connectivity index (χ4v) is 6.44. The number of likely N-dealkylation sites (N-methyl/N-ethyl adjacent to an activating group) is 1. The first-order chi connectivity index (χ1) is 15.5. The van der Waals surface area contributed by atoms with Crippen LogP contribution in [-0.4, -0.2) is 41.5 Å². The number of thiophene rings is 1. The molecule has 1 aliphatic rings. The SMILES string of the molecule is Cc1nn(C)c(C)c1-c1csc(C2CC(C(=O)Nc3ccc(F)c(Cl)c3)N(C)S(=O)(=O)N2)c1. The molecule has 8 nitrogen and oxygen atoms in total. The van der Waals surface area contributed by atoms with Crippen molar-refractivity contribution in [2.75, 3.05) is 12.4 Å². The predicted octanol–water partition coefficient (Wildman–Crippen LogP) is 3.78. The minimum absolute atomic E-state index is 0.135. The van der Waals surface area contributed by atoms with Gasteiger partial charge in [0, 0.05) is 35.9 Å². The summed E-state index contributed by atoms with van der Waals surface area (Å²) in [6.45, 7) is 3.91. The molecule has 1 amide bonds. The van der Waals surface area contributed by atoms with Crippen molar-refractivity contribution in [1.82, 2.24) is 18.8 Å². The van der Waals surface area contributed by atoms with Crippen LogP contribution in [0.4, 0.5) is 10.1 Å². The molecule has 176 valence electrons. The average molecular weight is 512 g/mol. The highest BCUT2D eigenvalue weighted by molar-refractivity contribution is 7.87. The number of nitrogens with one attached hydrogen (secondary N) is 2. The quantitative estimate of drug-likeness (QED) is 0.557. The fourth-order valence-electron chi connectivity index (χ4n) is 3.95. The van der Waals surface area contributed by atoms with Gasteiger partial charge in [-0.3, -0.25) is 9.48 Å². The van der Waals surface area contributed by atoms with Crippen molar-refractivity contribution in [1.29, 1.82) is 0 Å². The first-order valence-electron chi connectivity index (χ1n) is 10.1. The summed E-state index contributed by atoms with van der Waals surface area (Å²) >= 11 is 7.22. The number of anilines is 1. The van der Waals surface area contributed by atoms with Crippen LogP contribution < -0.4 is 10.0 Å². The summed E-state index contributed by atoms with van der Waals surface area (Å²) in [5.41, 5.74) is 4.15. The molecule has 1 saturated heterocycles. The van der Waals surface area contributed by atoms with E-state index in [2.05, 4.69) is 15.1 Å². The zero-order valence-electron chi connectivity index (χ0n) is 18.4. The highest BCUT2D eigenvalue weighted by Crippen LogP contribution is 2.37. The van der Waals surface area contributed by atoms with Gasteiger partial charge in [0.25, 0.3) is 10.2 Å². The molecule has 33 heavy (non-hydrogen) atoms. The Hall–Kier alpha value is -2.31. The summed E-state index contributed by atoms with van der Waals surface area (Å²) in [4.78, 5) is 13.8. The van der Waals surface area contributed by atoms with Gasteiger partial charge in [0.1, 0.15) is 11.9 Å². The molecular weight excluding hydrogens is 489 g/mol. The molecule has 1 fully saturated rings. The Labute approximate surface area is 200 Å². The summed E-state index contributed by atoms with van der Waals surface area (Å²) in [5.74, 6) is -1.13. The van der Waals surface area contributed by atoms with Crippen LogP contribution in [0.1, 0.15) is 28.7 Å². The summed E-state index contributed by atoms with van der Waals surface area (Å²) in [5, 5.41) is 8.91. The van der Waals surface area contributed by atoms with Crippen molar-refractivity contribution in [2.45, 2.75) is 32.4 Å². The van der Waals surface area contributed by atoms with Gasteiger partial charge in [0.2, 0.25) is 5.91 Å². The van der Waals surface area contributed by atoms with E-state index in [1.54, 1.807) is 0 Å². The molecule has 1 aliphatic heterocycles. The molecule has 4 rings (SSSR count). The van der Waals surface area contributed by atoms with Crippen LogP contribution in [0.5, 0.6) is 0 Å². The lowest BCUT2D eigenvalue weighted by molar-refractivity contribution is -0.120. The molecular formula is C21H23ClFN5O3S2. The van der Waals surface area contributed by atoms with Gasteiger partial charge in [0.05, 0.1) is 16.8 Å². The molecule has 1 aromatic carbocycles. The van der Waals surface area contributed by atoms with Crippen molar-refractivity contribution in [3.8, 4) is 11.1 Å². The Kier molecular flexibility index (Phi) is 6.36. The summed E-state index contributed by atoms with van der Waals surface area (Å²) < 4.78 is 44.5. The smallest absolute Gasteiger partial charge is 0.280 e. The van der Waals surface area contributed by atoms with Gasteiger partial charge in [0.15, 0.2) is 0 Å². The molecule has 0 radical (unpaired) electrons. The van der Waals surface area contributed by atoms with Gasteiger partial charge in [-0.15, -0.1) is 11.3 Å². The van der Waals surface area contributed by atoms with Crippen LogP contribution in [0.3, 0.4) is 0 Å². The second-order valence-corrected chi connectivity index (χ2v) is 11.1. The molecule has 0 bridgehead atoms. The molecule has 2 unspecified atom stereocenters. The third-order valence-electron chi connectivity index (χ3n) is 5.82. The summed E-state index contributed by atoms with van der Waals surface area (Å²) in [6, 6.07) is 4.20. The zero-order chi connectivity index (χ0) is 24.1. The van der Waals surface area contributed by atoms with Crippen LogP contribution >= 0.6 is 22.9 Å². The fraction of sp³-hybridized carbons (Fsp3) is 0.333. The molecule has 3 aromatic rings. The standard InChI is InChI=1S/C21H23ClFN5O3S2/c1-11-20(12(2)27(3)25-11)13-7-19(32-10-13)17-9-18(28(4)33(30,31)26-17)21(29)24-14-5-6-16(23)15(22)8-14/h5-8,10,17-18,26H,9H2,1-4H3,(H,24,29). The lowest BCUT2D eigenvalue weighted by Gasteiger charge is -2.35. The number of aromatic nitrogens is 2. The van der Waals surface area contributed by atoms with Crippen LogP contribution in [0.25, 0.3) is 11.1 Å². The van der Waals surface area contributed by atoms with Gasteiger partial charge >= 0.3 is 0 Å². The van der Waals surface area contributed by atoms with Crippen molar-refractivity contribution < 1.29 is 17.6 Å². The Balaban J connectivity index is 1.60. The molecule has 0 aliphatic carbocycles. The van der Waals surface area contributed by atoms with Crippen LogP contribution in [-0.2, 0) is 22.1 Å². The number of rotatable bonds is 4. The number of benzene rings is 1. The maximum Gasteiger partial charge on any atom is 0.280 e. The van der Waals surface area contributed by atoms with E-state index < -0.39 is 34.0 Å². The lowest BCUT2D eigenvalue weighted by Crippen LogP contribution is -2.55. The molecule has 0 saturated carbocycles. The minimum Gasteiger partial charge on any atom is -0.325 e. The van der Waals surface area contributed by atoms with Crippen LogP contribution in [0, 0.1) is 19.7 Å². The molecule has 2 aromatic heterocycles. The normalized spacial score (nSPS) is 20.7. The number of carbonyl (C=O) groups is 1. The van der Waals surface area contributed by atoms with Gasteiger partial charge in [-0.1, -0.05) is 11.6 Å². The maximum absolute atomic E-state index is 13.4. The zero-order valence-corrected chi connectivity index (χ0v) is 20.8. The first kappa shape index (κ1) is 23.8. The number of hydrogen-bond donors (Lipinski definition) is 2. The third kappa shape index (κ3) is 4.56. The Bertz CT molecular complexity index is 1340. The molecule has 2 atom stereocenters. The molecule has 2 N–H and O–H groups in total. The highest BCUT2D eigenvalue weighted by Gasteiger charge is 2.41. The van der Waals surface area contributed by atoms with E-state index in [0.717, 1.165) is 37.8 Å². The number of carbonyl (C=O) groups excluding carboxylic acids is 1. The van der Waals surface area contributed by atoms with Crippen molar-refractivity contribution >= 4 is 44.7 Å². The number of nitrogens with zero attached hydrogens (tertiary/aromatic N) is 3. The summed E-state index contributed by atoms with van der Waals surface area (Å²) in [7, 11) is -0.675. The molecule has 0 spiro atoms. The van der Waals surface area contributed by atoms with Gasteiger partial charge in [-0.05, 0) is 55.5 Å². The number of hydrogen-bond acceptors (Lipinski definition) is 5. The van der Waals surface area contributed by atoms with E-state index in [1.807, 2.05) is 37.0 Å². The maximum atomic E-state index is 13.4. The number of amides is 1. The van der Waals surface area contributed by atoms with Crippen molar-refractivity contribution in [3.63, 3.8) is 0 Å². The van der Waals surface area contributed by atoms with Gasteiger partial charge in [-0.2, -0.15) is 22.5 Å². The van der Waals surface area contributed by atoms with E-state index in [0.29, 0.717) is 0 Å². The summed E-state index contributed by atoms with van der Waals surface area (Å²) in [6.07, 6.45) is 0.224. The first-order valence-corrected chi connectivity index (χ1v) is 12.8. The third-order valence-corrected chi connectivity index (χ3v) is 8.75. The van der Waals surface area contributed by atoms with E-state index in [4.69, 9.17) is 11.6 Å². The van der Waals surface area contributed by atoms with E-state index in [-0.39, 0.29) is 17.1 Å². The Morgan fingerprint density at radius 2 is 2.03 bits per heavy atom. The van der Waals surface area contributed by atoms with E-state index in [1.165, 1.54) is 30.5 Å². The van der Waals surface area contributed by atoms with Crippen molar-refractivity contribution in [3.05, 3.63) is 56.8 Å². The largest absolute Gasteiger partial charge is 0.325 e.